The van der Waals surface area contributed by atoms with Crippen molar-refractivity contribution in [2.45, 2.75) is 32.3 Å². The summed E-state index contributed by atoms with van der Waals surface area (Å²) in [7, 11) is 3.22. The molecule has 0 aliphatic carbocycles. The molecule has 5 aromatic rings. The number of benzene rings is 2. The van der Waals surface area contributed by atoms with Crippen molar-refractivity contribution < 1.29 is 19.1 Å². The van der Waals surface area contributed by atoms with Crippen LogP contribution in [0.1, 0.15) is 46.3 Å². The van der Waals surface area contributed by atoms with Crippen molar-refractivity contribution in [1.82, 2.24) is 24.3 Å². The summed E-state index contributed by atoms with van der Waals surface area (Å²) in [6.45, 7) is 3.61. The topological polar surface area (TPSA) is 140 Å². The molecule has 0 radical (unpaired) electrons. The molecule has 1 aliphatic heterocycles. The molecule has 4 N–H and O–H groups in total. The maximum atomic E-state index is 13.3. The number of H-pyrrole nitrogens is 1. The second kappa shape index (κ2) is 11.2. The number of nitrogens with one attached hydrogen (secondary N) is 2. The van der Waals surface area contributed by atoms with Gasteiger partial charge in [-0.3, -0.25) is 14.2 Å². The van der Waals surface area contributed by atoms with Crippen LogP contribution in [-0.2, 0) is 11.3 Å². The number of aromatic nitrogens is 4. The smallest absolute Gasteiger partial charge is 0.314 e. The van der Waals surface area contributed by atoms with Crippen LogP contribution in [0.5, 0.6) is 5.75 Å². The molecule has 0 atom stereocenters. The highest BCUT2D eigenvalue weighted by molar-refractivity contribution is 6.07. The Morgan fingerprint density at radius 3 is 2.69 bits per heavy atom. The minimum Gasteiger partial charge on any atom is -0.495 e. The van der Waals surface area contributed by atoms with Gasteiger partial charge in [-0.15, -0.1) is 0 Å². The van der Waals surface area contributed by atoms with Gasteiger partial charge in [0.05, 0.1) is 36.3 Å². The van der Waals surface area contributed by atoms with Crippen LogP contribution in [0.4, 0.5) is 10.5 Å². The lowest BCUT2D eigenvalue weighted by molar-refractivity contribution is 0.102. The number of imidazole rings is 1. The molecule has 1 saturated heterocycles. The Kier molecular flexibility index (Phi) is 7.26. The van der Waals surface area contributed by atoms with Crippen molar-refractivity contribution in [3.05, 3.63) is 77.6 Å². The first-order valence-electron chi connectivity index (χ1n) is 13.8. The zero-order valence-corrected chi connectivity index (χ0v) is 23.8. The SMILES string of the molecule is COCc1cccc2[nH]c(C(=O)Nc3ccc(-c4nc(C5CCN(C(N)=O)CC5)n5ccnc(C)c45)cc3OC)cc12. The largest absolute Gasteiger partial charge is 0.495 e. The second-order valence-electron chi connectivity index (χ2n) is 10.5. The molecule has 3 amide bonds. The number of aryl methyl sites for hydroxylation is 1. The maximum Gasteiger partial charge on any atom is 0.314 e. The Bertz CT molecular complexity index is 1800. The number of hydrogen-bond acceptors (Lipinski definition) is 6. The maximum absolute atomic E-state index is 13.3. The molecule has 3 aromatic heterocycles. The van der Waals surface area contributed by atoms with Crippen molar-refractivity contribution >= 4 is 34.0 Å². The summed E-state index contributed by atoms with van der Waals surface area (Å²) < 4.78 is 13.1. The molecule has 11 heteroatoms. The Hall–Kier alpha value is -4.90. The van der Waals surface area contributed by atoms with Gasteiger partial charge in [-0.25, -0.2) is 9.78 Å². The molecule has 1 fully saturated rings. The first kappa shape index (κ1) is 27.3. The van der Waals surface area contributed by atoms with E-state index in [0.29, 0.717) is 36.8 Å². The van der Waals surface area contributed by atoms with E-state index >= 15 is 0 Å². The van der Waals surface area contributed by atoms with Crippen molar-refractivity contribution in [2.75, 3.05) is 32.6 Å². The molecule has 4 heterocycles. The first-order chi connectivity index (χ1) is 20.4. The number of carbonyl (C=O) groups is 2. The summed E-state index contributed by atoms with van der Waals surface area (Å²) in [5.74, 6) is 1.33. The Morgan fingerprint density at radius 1 is 1.14 bits per heavy atom. The number of ether oxygens (including phenoxy) is 2. The van der Waals surface area contributed by atoms with Gasteiger partial charge in [-0.05, 0) is 49.6 Å². The number of nitrogens with two attached hydrogens (primary N) is 1. The highest BCUT2D eigenvalue weighted by atomic mass is 16.5. The molecule has 0 spiro atoms. The van der Waals surface area contributed by atoms with E-state index in [1.807, 2.05) is 55.6 Å². The van der Waals surface area contributed by atoms with Crippen molar-refractivity contribution in [1.29, 1.82) is 0 Å². The van der Waals surface area contributed by atoms with Crippen LogP contribution in [0.3, 0.4) is 0 Å². The van der Waals surface area contributed by atoms with Crippen LogP contribution < -0.4 is 15.8 Å². The average molecular weight is 568 g/mol. The molecule has 2 aromatic carbocycles. The van der Waals surface area contributed by atoms with E-state index < -0.39 is 0 Å². The number of anilines is 1. The fourth-order valence-electron chi connectivity index (χ4n) is 5.82. The number of hydrogen-bond donors (Lipinski definition) is 3. The standard InChI is InChI=1S/C31H33N7O4/c1-18-28-27(36-29(38(28)14-11-33-18)19-9-12-37(13-10-19)31(32)40)20-7-8-24(26(15-20)42-3)35-30(39)25-16-22-21(17-41-2)5-4-6-23(22)34-25/h4-8,11,14-16,19,34H,9-10,12-13,17H2,1-3H3,(H2,32,40)(H,35,39). The van der Waals surface area contributed by atoms with Gasteiger partial charge < -0.3 is 30.4 Å². The minimum absolute atomic E-state index is 0.171. The number of methoxy groups -OCH3 is 2. The summed E-state index contributed by atoms with van der Waals surface area (Å²) in [5, 5.41) is 3.92. The van der Waals surface area contributed by atoms with Gasteiger partial charge in [0.2, 0.25) is 0 Å². The van der Waals surface area contributed by atoms with Gasteiger partial charge in [0, 0.05) is 55.0 Å². The summed E-state index contributed by atoms with van der Waals surface area (Å²) in [4.78, 5) is 39.4. The normalized spacial score (nSPS) is 14.0. The summed E-state index contributed by atoms with van der Waals surface area (Å²) in [6.07, 6.45) is 5.26. The zero-order valence-electron chi connectivity index (χ0n) is 23.8. The molecule has 0 bridgehead atoms. The quantitative estimate of drug-likeness (QED) is 0.257. The minimum atomic E-state index is -0.387. The van der Waals surface area contributed by atoms with E-state index in [1.165, 1.54) is 0 Å². The summed E-state index contributed by atoms with van der Waals surface area (Å²) >= 11 is 0. The summed E-state index contributed by atoms with van der Waals surface area (Å²) in [6, 6.07) is 12.9. The van der Waals surface area contributed by atoms with Crippen molar-refractivity contribution in [2.24, 2.45) is 5.73 Å². The predicted octanol–water partition coefficient (Wildman–Crippen LogP) is 4.85. The van der Waals surface area contributed by atoms with E-state index in [-0.39, 0.29) is 17.9 Å². The lowest BCUT2D eigenvalue weighted by atomic mass is 9.96. The molecular formula is C31H33N7O4. The van der Waals surface area contributed by atoms with E-state index in [9.17, 15) is 9.59 Å². The van der Waals surface area contributed by atoms with Crippen molar-refractivity contribution in [3.63, 3.8) is 0 Å². The molecule has 11 nitrogen and oxygen atoms in total. The van der Waals surface area contributed by atoms with Gasteiger partial charge in [0.25, 0.3) is 5.91 Å². The van der Waals surface area contributed by atoms with Crippen LogP contribution in [0.25, 0.3) is 27.7 Å². The number of rotatable bonds is 7. The Labute approximate surface area is 242 Å². The zero-order chi connectivity index (χ0) is 29.4. The molecule has 0 unspecified atom stereocenters. The average Bonchev–Trinajstić information content (AvgIpc) is 3.61. The third-order valence-corrected chi connectivity index (χ3v) is 7.96. The molecule has 216 valence electrons. The fraction of sp³-hybridized carbons (Fsp3) is 0.290. The molecular weight excluding hydrogens is 534 g/mol. The number of carbonyl (C=O) groups excluding carboxylic acids is 2. The number of piperidine rings is 1. The van der Waals surface area contributed by atoms with E-state index in [0.717, 1.165) is 57.6 Å². The molecule has 42 heavy (non-hydrogen) atoms. The fourth-order valence-corrected chi connectivity index (χ4v) is 5.82. The third kappa shape index (κ3) is 4.92. The van der Waals surface area contributed by atoms with Gasteiger partial charge >= 0.3 is 6.03 Å². The third-order valence-electron chi connectivity index (χ3n) is 7.96. The number of amides is 3. The number of primary amides is 1. The number of aromatic amines is 1. The van der Waals surface area contributed by atoms with Gasteiger partial charge in [-0.1, -0.05) is 18.2 Å². The van der Waals surface area contributed by atoms with Crippen LogP contribution in [0.2, 0.25) is 0 Å². The Morgan fingerprint density at radius 2 is 1.95 bits per heavy atom. The predicted molar refractivity (Wildman–Crippen MR) is 160 cm³/mol. The van der Waals surface area contributed by atoms with Gasteiger partial charge in [0.15, 0.2) is 0 Å². The van der Waals surface area contributed by atoms with Crippen molar-refractivity contribution in [3.8, 4) is 17.0 Å². The highest BCUT2D eigenvalue weighted by Crippen LogP contribution is 2.37. The lowest BCUT2D eigenvalue weighted by Gasteiger charge is -2.30. The number of likely N-dealkylation sites (tertiary alicyclic amines) is 1. The number of urea groups is 1. The second-order valence-corrected chi connectivity index (χ2v) is 10.5. The number of fused-ring (bicyclic) bond motifs is 2. The van der Waals surface area contributed by atoms with Crippen LogP contribution in [0, 0.1) is 6.92 Å². The lowest BCUT2D eigenvalue weighted by Crippen LogP contribution is -2.41. The van der Waals surface area contributed by atoms with Gasteiger partial charge in [-0.2, -0.15) is 0 Å². The molecule has 6 rings (SSSR count). The van der Waals surface area contributed by atoms with E-state index in [4.69, 9.17) is 20.2 Å². The summed E-state index contributed by atoms with van der Waals surface area (Å²) in [5.41, 5.74) is 11.7. The molecule has 1 aliphatic rings. The molecule has 0 saturated carbocycles. The van der Waals surface area contributed by atoms with Crippen LogP contribution in [-0.4, -0.2) is 63.5 Å². The Balaban J connectivity index is 1.31. The number of nitrogens with zero attached hydrogens (tertiary/aromatic N) is 4. The monoisotopic (exact) mass is 567 g/mol. The van der Waals surface area contributed by atoms with Crippen LogP contribution >= 0.6 is 0 Å². The van der Waals surface area contributed by atoms with Gasteiger partial charge in [0.1, 0.15) is 17.3 Å². The highest BCUT2D eigenvalue weighted by Gasteiger charge is 2.28. The van der Waals surface area contributed by atoms with E-state index in [1.54, 1.807) is 25.3 Å². The van der Waals surface area contributed by atoms with Crippen LogP contribution in [0.15, 0.2) is 54.9 Å². The first-order valence-corrected chi connectivity index (χ1v) is 13.8. The van der Waals surface area contributed by atoms with E-state index in [2.05, 4.69) is 19.7 Å².